The zero-order valence-corrected chi connectivity index (χ0v) is 7.09. The second kappa shape index (κ2) is 3.44. The van der Waals surface area contributed by atoms with Crippen LogP contribution < -0.4 is 5.32 Å². The Bertz CT molecular complexity index is 249. The highest BCUT2D eigenvalue weighted by Crippen LogP contribution is 2.19. The molecule has 0 atom stereocenters. The highest BCUT2D eigenvalue weighted by Gasteiger charge is 2.08. The van der Waals surface area contributed by atoms with E-state index in [1.54, 1.807) is 0 Å². The van der Waals surface area contributed by atoms with Gasteiger partial charge < -0.3 is 5.32 Å². The molecule has 0 unspecified atom stereocenters. The van der Waals surface area contributed by atoms with Crippen LogP contribution in [0.2, 0.25) is 0 Å². The van der Waals surface area contributed by atoms with E-state index in [0.29, 0.717) is 0 Å². The summed E-state index contributed by atoms with van der Waals surface area (Å²) in [6.07, 6.45) is 15.1. The molecule has 0 aromatic rings. The third-order valence-corrected chi connectivity index (χ3v) is 2.18. The Morgan fingerprint density at radius 3 is 2.75 bits per heavy atom. The molecule has 2 rings (SSSR count). The Kier molecular flexibility index (Phi) is 2.12. The molecule has 0 radical (unpaired) electrons. The molecule has 12 heavy (non-hydrogen) atoms. The molecular formula is C11H13N. The smallest absolute Gasteiger partial charge is 0.0372 e. The minimum atomic E-state index is 1.11. The van der Waals surface area contributed by atoms with Gasteiger partial charge in [0, 0.05) is 12.2 Å². The third kappa shape index (κ3) is 1.50. The van der Waals surface area contributed by atoms with Crippen LogP contribution in [0.4, 0.5) is 0 Å². The first-order valence-corrected chi connectivity index (χ1v) is 4.45. The summed E-state index contributed by atoms with van der Waals surface area (Å²) in [5.41, 5.74) is 2.73. The van der Waals surface area contributed by atoms with Gasteiger partial charge in [0.25, 0.3) is 0 Å². The largest absolute Gasteiger partial charge is 0.385 e. The molecule has 0 aromatic carbocycles. The fourth-order valence-electron chi connectivity index (χ4n) is 1.54. The quantitative estimate of drug-likeness (QED) is 0.572. The van der Waals surface area contributed by atoms with E-state index in [1.165, 1.54) is 24.1 Å². The maximum absolute atomic E-state index is 3.40. The summed E-state index contributed by atoms with van der Waals surface area (Å²) in [7, 11) is 0. The predicted molar refractivity (Wildman–Crippen MR) is 51.7 cm³/mol. The third-order valence-electron chi connectivity index (χ3n) is 2.18. The lowest BCUT2D eigenvalue weighted by atomic mass is 10.0. The molecule has 0 bridgehead atoms. The predicted octanol–water partition coefficient (Wildman–Crippen LogP) is 2.31. The van der Waals surface area contributed by atoms with Gasteiger partial charge in [0.15, 0.2) is 0 Å². The lowest BCUT2D eigenvalue weighted by Crippen LogP contribution is -2.21. The van der Waals surface area contributed by atoms with Gasteiger partial charge in [-0.05, 0) is 24.5 Å². The van der Waals surface area contributed by atoms with Crippen LogP contribution in [0.5, 0.6) is 0 Å². The highest BCUT2D eigenvalue weighted by atomic mass is 14.9. The summed E-state index contributed by atoms with van der Waals surface area (Å²) in [6, 6.07) is 0. The van der Waals surface area contributed by atoms with Crippen LogP contribution in [0.15, 0.2) is 47.7 Å². The average molecular weight is 159 g/mol. The van der Waals surface area contributed by atoms with E-state index in [2.05, 4.69) is 41.8 Å². The zero-order valence-electron chi connectivity index (χ0n) is 7.09. The van der Waals surface area contributed by atoms with E-state index in [1.807, 2.05) is 0 Å². The van der Waals surface area contributed by atoms with Crippen molar-refractivity contribution in [1.82, 2.24) is 5.32 Å². The molecule has 1 heterocycles. The summed E-state index contributed by atoms with van der Waals surface area (Å²) in [4.78, 5) is 0. The van der Waals surface area contributed by atoms with E-state index in [0.717, 1.165) is 6.54 Å². The monoisotopic (exact) mass is 159 g/mol. The molecular weight excluding hydrogens is 146 g/mol. The van der Waals surface area contributed by atoms with E-state index in [4.69, 9.17) is 0 Å². The normalized spacial score (nSPS) is 35.3. The Hall–Kier alpha value is -1.24. The van der Waals surface area contributed by atoms with Gasteiger partial charge in [0.2, 0.25) is 0 Å². The standard InChI is InChI=1S/C11H13N/c1-2-4-8-11-10(6-3-1)7-5-9-12-11/h1-4,6,8,12H,5,7,9H2/b2-1?,3-1-,4-2+,6-3?,8-4?,10-6-,11-8-. The van der Waals surface area contributed by atoms with Crippen molar-refractivity contribution in [3.05, 3.63) is 47.7 Å². The van der Waals surface area contributed by atoms with Crippen LogP contribution in [-0.4, -0.2) is 6.54 Å². The van der Waals surface area contributed by atoms with Crippen LogP contribution in [-0.2, 0) is 0 Å². The van der Waals surface area contributed by atoms with Gasteiger partial charge >= 0.3 is 0 Å². The topological polar surface area (TPSA) is 12.0 Å². The molecule has 0 amide bonds. The fourth-order valence-corrected chi connectivity index (χ4v) is 1.54. The summed E-state index contributed by atoms with van der Waals surface area (Å²) in [5.74, 6) is 0. The van der Waals surface area contributed by atoms with Crippen molar-refractivity contribution in [1.29, 1.82) is 0 Å². The van der Waals surface area contributed by atoms with Gasteiger partial charge in [0.1, 0.15) is 0 Å². The van der Waals surface area contributed by atoms with Crippen LogP contribution in [0.3, 0.4) is 0 Å². The minimum Gasteiger partial charge on any atom is -0.385 e. The Balaban J connectivity index is 2.28. The summed E-state index contributed by atoms with van der Waals surface area (Å²) in [6.45, 7) is 1.11. The molecule has 62 valence electrons. The van der Waals surface area contributed by atoms with Crippen LogP contribution in [0.25, 0.3) is 0 Å². The number of nitrogens with one attached hydrogen (secondary N) is 1. The number of hydrogen-bond acceptors (Lipinski definition) is 1. The molecule has 1 saturated heterocycles. The Labute approximate surface area is 73.2 Å². The Morgan fingerprint density at radius 1 is 1.00 bits per heavy atom. The van der Waals surface area contributed by atoms with Crippen LogP contribution in [0, 0.1) is 0 Å². The molecule has 1 fully saturated rings. The maximum Gasteiger partial charge on any atom is 0.0372 e. The molecule has 1 nitrogen and oxygen atoms in total. The Morgan fingerprint density at radius 2 is 1.83 bits per heavy atom. The first-order valence-electron chi connectivity index (χ1n) is 4.45. The second-order valence-corrected chi connectivity index (χ2v) is 3.07. The molecule has 1 heteroatoms. The van der Waals surface area contributed by atoms with Crippen molar-refractivity contribution in [2.75, 3.05) is 6.54 Å². The van der Waals surface area contributed by atoms with Gasteiger partial charge in [-0.2, -0.15) is 0 Å². The summed E-state index contributed by atoms with van der Waals surface area (Å²) >= 11 is 0. The van der Waals surface area contributed by atoms with E-state index < -0.39 is 0 Å². The molecule has 1 N–H and O–H groups in total. The molecule has 0 aromatic heterocycles. The number of rotatable bonds is 0. The zero-order chi connectivity index (χ0) is 8.23. The lowest BCUT2D eigenvalue weighted by molar-refractivity contribution is 0.669. The molecule has 1 aliphatic carbocycles. The van der Waals surface area contributed by atoms with Gasteiger partial charge in [-0.25, -0.2) is 0 Å². The number of allylic oxidation sites excluding steroid dienone is 7. The second-order valence-electron chi connectivity index (χ2n) is 3.07. The van der Waals surface area contributed by atoms with E-state index >= 15 is 0 Å². The molecule has 0 spiro atoms. The molecule has 0 saturated carbocycles. The number of fused-ring (bicyclic) bond motifs is 1. The fraction of sp³-hybridized carbons (Fsp3) is 0.273. The van der Waals surface area contributed by atoms with Crippen molar-refractivity contribution in [3.8, 4) is 0 Å². The van der Waals surface area contributed by atoms with Crippen LogP contribution >= 0.6 is 0 Å². The van der Waals surface area contributed by atoms with Gasteiger partial charge in [-0.1, -0.05) is 30.4 Å². The van der Waals surface area contributed by atoms with Gasteiger partial charge in [-0.3, -0.25) is 0 Å². The molecule has 2 aliphatic rings. The summed E-state index contributed by atoms with van der Waals surface area (Å²) in [5, 5.41) is 3.40. The van der Waals surface area contributed by atoms with Crippen molar-refractivity contribution < 1.29 is 0 Å². The number of piperidine rings is 1. The lowest BCUT2D eigenvalue weighted by Gasteiger charge is -2.20. The van der Waals surface area contributed by atoms with E-state index in [9.17, 15) is 0 Å². The van der Waals surface area contributed by atoms with E-state index in [-0.39, 0.29) is 0 Å². The maximum atomic E-state index is 3.40. The first kappa shape index (κ1) is 7.41. The SMILES string of the molecule is C1=C\C=C\C=C2/NCCC/C2=C/1. The van der Waals surface area contributed by atoms with Crippen molar-refractivity contribution in [2.45, 2.75) is 12.8 Å². The van der Waals surface area contributed by atoms with Gasteiger partial charge in [0.05, 0.1) is 0 Å². The molecule has 1 aliphatic heterocycles. The number of hydrogen-bond donors (Lipinski definition) is 1. The van der Waals surface area contributed by atoms with Crippen molar-refractivity contribution >= 4 is 0 Å². The highest BCUT2D eigenvalue weighted by molar-refractivity contribution is 5.39. The first-order chi connectivity index (χ1) is 5.97. The summed E-state index contributed by atoms with van der Waals surface area (Å²) < 4.78 is 0. The van der Waals surface area contributed by atoms with Crippen molar-refractivity contribution in [2.24, 2.45) is 0 Å². The van der Waals surface area contributed by atoms with Crippen LogP contribution in [0.1, 0.15) is 12.8 Å². The minimum absolute atomic E-state index is 1.11. The van der Waals surface area contributed by atoms with Crippen molar-refractivity contribution in [3.63, 3.8) is 0 Å². The van der Waals surface area contributed by atoms with Gasteiger partial charge in [-0.15, -0.1) is 0 Å². The average Bonchev–Trinajstić information content (AvgIpc) is 2.06.